The van der Waals surface area contributed by atoms with Crippen molar-refractivity contribution in [2.24, 2.45) is 0 Å². The van der Waals surface area contributed by atoms with Gasteiger partial charge in [0.05, 0.1) is 0 Å². The van der Waals surface area contributed by atoms with Crippen molar-refractivity contribution in [2.45, 2.75) is 20.0 Å². The topological polar surface area (TPSA) is 31.4 Å². The van der Waals surface area contributed by atoms with Crippen LogP contribution in [0.1, 0.15) is 16.7 Å². The third-order valence-electron chi connectivity index (χ3n) is 4.53. The second-order valence-corrected chi connectivity index (χ2v) is 6.91. The van der Waals surface area contributed by atoms with E-state index in [0.717, 1.165) is 55.7 Å². The molecule has 4 nitrogen and oxygen atoms in total. The number of nitrogens with one attached hydrogen (secondary N) is 1. The fraction of sp³-hybridized carbons (Fsp3) is 0.421. The summed E-state index contributed by atoms with van der Waals surface area (Å²) < 4.78 is 0. The molecule has 1 N–H and O–H groups in total. The molecule has 0 spiro atoms. The second-order valence-electron chi connectivity index (χ2n) is 6.50. The molecule has 2 heterocycles. The van der Waals surface area contributed by atoms with Crippen molar-refractivity contribution in [3.63, 3.8) is 0 Å². The Morgan fingerprint density at radius 2 is 1.75 bits per heavy atom. The lowest BCUT2D eigenvalue weighted by Gasteiger charge is -2.33. The fourth-order valence-electron chi connectivity index (χ4n) is 2.84. The van der Waals surface area contributed by atoms with E-state index in [2.05, 4.69) is 51.4 Å². The highest BCUT2D eigenvalue weighted by Crippen LogP contribution is 2.17. The number of hydrogen-bond donors (Lipinski definition) is 1. The quantitative estimate of drug-likeness (QED) is 0.903. The molecule has 0 unspecified atom stereocenters. The molecular formula is C19H25ClN4. The smallest absolute Gasteiger partial charge is 0.128 e. The number of anilines is 1. The van der Waals surface area contributed by atoms with Crippen molar-refractivity contribution in [3.8, 4) is 0 Å². The van der Waals surface area contributed by atoms with Crippen molar-refractivity contribution in [1.82, 2.24) is 15.2 Å². The van der Waals surface area contributed by atoms with Gasteiger partial charge in [0.2, 0.25) is 0 Å². The summed E-state index contributed by atoms with van der Waals surface area (Å²) in [6.07, 6.45) is 1.97. The van der Waals surface area contributed by atoms with Crippen LogP contribution in [-0.2, 0) is 13.1 Å². The first-order valence-electron chi connectivity index (χ1n) is 8.46. The number of nitrogens with zero attached hydrogens (tertiary/aromatic N) is 3. The molecule has 1 aromatic carbocycles. The van der Waals surface area contributed by atoms with Gasteiger partial charge in [0.15, 0.2) is 0 Å². The Labute approximate surface area is 149 Å². The SMILES string of the molecule is Cc1ccc(CNCc2ccc(N3CCN(C)CC3)nc2)cc1Cl. The molecule has 0 bridgehead atoms. The van der Waals surface area contributed by atoms with E-state index >= 15 is 0 Å². The van der Waals surface area contributed by atoms with E-state index in [1.54, 1.807) is 0 Å². The molecule has 128 valence electrons. The number of aryl methyl sites for hydroxylation is 1. The van der Waals surface area contributed by atoms with Crippen molar-refractivity contribution < 1.29 is 0 Å². The molecule has 0 amide bonds. The van der Waals surface area contributed by atoms with Crippen molar-refractivity contribution in [3.05, 3.63) is 58.2 Å². The highest BCUT2D eigenvalue weighted by molar-refractivity contribution is 6.31. The second kappa shape index (κ2) is 7.97. The number of pyridine rings is 1. The Bertz CT molecular complexity index is 664. The van der Waals surface area contributed by atoms with E-state index in [1.807, 2.05) is 19.2 Å². The van der Waals surface area contributed by atoms with E-state index in [0.29, 0.717) is 0 Å². The molecule has 2 aromatic rings. The summed E-state index contributed by atoms with van der Waals surface area (Å²) >= 11 is 6.16. The summed E-state index contributed by atoms with van der Waals surface area (Å²) in [6, 6.07) is 10.5. The first-order valence-corrected chi connectivity index (χ1v) is 8.84. The van der Waals surface area contributed by atoms with Gasteiger partial charge < -0.3 is 15.1 Å². The van der Waals surface area contributed by atoms with Crippen LogP contribution in [0.15, 0.2) is 36.5 Å². The largest absolute Gasteiger partial charge is 0.354 e. The molecule has 0 aliphatic carbocycles. The molecule has 0 saturated carbocycles. The Morgan fingerprint density at radius 3 is 2.42 bits per heavy atom. The van der Waals surface area contributed by atoms with E-state index < -0.39 is 0 Å². The predicted molar refractivity (Wildman–Crippen MR) is 101 cm³/mol. The van der Waals surface area contributed by atoms with Gasteiger partial charge in [-0.2, -0.15) is 0 Å². The normalized spacial score (nSPS) is 15.7. The fourth-order valence-corrected chi connectivity index (χ4v) is 3.04. The Balaban J connectivity index is 1.50. The number of likely N-dealkylation sites (N-methyl/N-ethyl adjacent to an activating group) is 1. The summed E-state index contributed by atoms with van der Waals surface area (Å²) in [5.74, 6) is 1.08. The van der Waals surface area contributed by atoms with Gasteiger partial charge in [0.1, 0.15) is 5.82 Å². The molecule has 1 saturated heterocycles. The third kappa shape index (κ3) is 4.47. The zero-order valence-corrected chi connectivity index (χ0v) is 15.2. The zero-order chi connectivity index (χ0) is 16.9. The Hall–Kier alpha value is -1.62. The summed E-state index contributed by atoms with van der Waals surface area (Å²) in [4.78, 5) is 9.33. The minimum atomic E-state index is 0.806. The van der Waals surface area contributed by atoms with Gasteiger partial charge in [-0.3, -0.25) is 0 Å². The van der Waals surface area contributed by atoms with Crippen LogP contribution in [0.5, 0.6) is 0 Å². The lowest BCUT2D eigenvalue weighted by atomic mass is 10.1. The van der Waals surface area contributed by atoms with Crippen LogP contribution >= 0.6 is 11.6 Å². The van der Waals surface area contributed by atoms with Crippen LogP contribution in [0, 0.1) is 6.92 Å². The maximum absolute atomic E-state index is 6.16. The molecule has 1 fully saturated rings. The van der Waals surface area contributed by atoms with Crippen molar-refractivity contribution in [2.75, 3.05) is 38.1 Å². The molecule has 24 heavy (non-hydrogen) atoms. The van der Waals surface area contributed by atoms with Gasteiger partial charge in [-0.25, -0.2) is 4.98 Å². The highest BCUT2D eigenvalue weighted by atomic mass is 35.5. The average molecular weight is 345 g/mol. The summed E-state index contributed by atoms with van der Waals surface area (Å²) in [5, 5.41) is 4.28. The highest BCUT2D eigenvalue weighted by Gasteiger charge is 2.14. The number of halogens is 1. The predicted octanol–water partition coefficient (Wildman–Crippen LogP) is 3.09. The van der Waals surface area contributed by atoms with Gasteiger partial charge >= 0.3 is 0 Å². The van der Waals surface area contributed by atoms with Crippen LogP contribution in [0.3, 0.4) is 0 Å². The molecule has 0 radical (unpaired) electrons. The van der Waals surface area contributed by atoms with E-state index in [-0.39, 0.29) is 0 Å². The van der Waals surface area contributed by atoms with Crippen LogP contribution in [0.2, 0.25) is 5.02 Å². The van der Waals surface area contributed by atoms with Crippen LogP contribution < -0.4 is 10.2 Å². The Kier molecular flexibility index (Phi) is 5.72. The standard InChI is InChI=1S/C19H25ClN4/c1-15-3-4-16(11-18(15)20)12-21-13-17-5-6-19(22-14-17)24-9-7-23(2)8-10-24/h3-6,11,14,21H,7-10,12-13H2,1-2H3. The molecule has 0 atom stereocenters. The molecular weight excluding hydrogens is 320 g/mol. The van der Waals surface area contributed by atoms with Gasteiger partial charge in [0.25, 0.3) is 0 Å². The number of aromatic nitrogens is 1. The van der Waals surface area contributed by atoms with Crippen LogP contribution in [-0.4, -0.2) is 43.1 Å². The van der Waals surface area contributed by atoms with Crippen LogP contribution in [0.25, 0.3) is 0 Å². The maximum Gasteiger partial charge on any atom is 0.128 e. The van der Waals surface area contributed by atoms with Crippen molar-refractivity contribution in [1.29, 1.82) is 0 Å². The van der Waals surface area contributed by atoms with Crippen LogP contribution in [0.4, 0.5) is 5.82 Å². The molecule has 3 rings (SSSR count). The Morgan fingerprint density at radius 1 is 1.04 bits per heavy atom. The lowest BCUT2D eigenvalue weighted by Crippen LogP contribution is -2.44. The molecule has 1 aliphatic heterocycles. The summed E-state index contributed by atoms with van der Waals surface area (Å²) in [5.41, 5.74) is 3.52. The third-order valence-corrected chi connectivity index (χ3v) is 4.94. The van der Waals surface area contributed by atoms with Gasteiger partial charge in [0, 0.05) is 50.5 Å². The van der Waals surface area contributed by atoms with Gasteiger partial charge in [-0.15, -0.1) is 0 Å². The van der Waals surface area contributed by atoms with E-state index in [9.17, 15) is 0 Å². The first-order chi connectivity index (χ1) is 11.6. The average Bonchev–Trinajstić information content (AvgIpc) is 2.59. The van der Waals surface area contributed by atoms with Crippen molar-refractivity contribution >= 4 is 17.4 Å². The van der Waals surface area contributed by atoms with E-state index in [1.165, 1.54) is 11.1 Å². The van der Waals surface area contributed by atoms with Gasteiger partial charge in [-0.05, 0) is 42.8 Å². The molecule has 1 aliphatic rings. The summed E-state index contributed by atoms with van der Waals surface area (Å²) in [7, 11) is 2.17. The maximum atomic E-state index is 6.16. The molecule has 1 aromatic heterocycles. The number of hydrogen-bond acceptors (Lipinski definition) is 4. The zero-order valence-electron chi connectivity index (χ0n) is 14.4. The molecule has 5 heteroatoms. The number of benzene rings is 1. The lowest BCUT2D eigenvalue weighted by molar-refractivity contribution is 0.312. The monoisotopic (exact) mass is 344 g/mol. The minimum Gasteiger partial charge on any atom is -0.354 e. The first kappa shape index (κ1) is 17.2. The number of piperazine rings is 1. The minimum absolute atomic E-state index is 0.806. The number of rotatable bonds is 5. The van der Waals surface area contributed by atoms with E-state index in [4.69, 9.17) is 11.6 Å². The van der Waals surface area contributed by atoms with Gasteiger partial charge in [-0.1, -0.05) is 29.8 Å². The summed E-state index contributed by atoms with van der Waals surface area (Å²) in [6.45, 7) is 7.94.